The van der Waals surface area contributed by atoms with Crippen molar-refractivity contribution in [3.05, 3.63) is 36.0 Å². The molecule has 94 valence electrons. The highest BCUT2D eigenvalue weighted by Crippen LogP contribution is 2.23. The van der Waals surface area contributed by atoms with Gasteiger partial charge < -0.3 is 10.6 Å². The smallest absolute Gasteiger partial charge is 0.269 e. The minimum atomic E-state index is -0.166. The van der Waals surface area contributed by atoms with Gasteiger partial charge in [0, 0.05) is 24.7 Å². The molecule has 0 atom stereocenters. The van der Waals surface area contributed by atoms with Gasteiger partial charge in [0.1, 0.15) is 5.69 Å². The number of carbonyl (C=O) groups excluding carboxylic acids is 1. The molecule has 0 unspecified atom stereocenters. The fraction of sp³-hybridized carbons (Fsp3) is 0.286. The molecule has 4 heteroatoms. The van der Waals surface area contributed by atoms with Gasteiger partial charge in [0.2, 0.25) is 0 Å². The van der Waals surface area contributed by atoms with Gasteiger partial charge in [-0.1, -0.05) is 25.1 Å². The predicted molar refractivity (Wildman–Crippen MR) is 73.9 cm³/mol. The van der Waals surface area contributed by atoms with Crippen LogP contribution in [0.2, 0.25) is 0 Å². The Labute approximate surface area is 106 Å². The quantitative estimate of drug-likeness (QED) is 0.867. The second-order valence-corrected chi connectivity index (χ2v) is 4.08. The summed E-state index contributed by atoms with van der Waals surface area (Å²) in [5.41, 5.74) is 2.23. The molecule has 2 N–H and O–H groups in total. The Hall–Kier alpha value is -2.10. The molecule has 0 fully saturated rings. The van der Waals surface area contributed by atoms with Crippen molar-refractivity contribution < 1.29 is 4.79 Å². The molecule has 1 aromatic heterocycles. The van der Waals surface area contributed by atoms with Gasteiger partial charge in [0.05, 0.1) is 5.52 Å². The molecule has 0 radical (unpaired) electrons. The Kier molecular flexibility index (Phi) is 3.77. The molecule has 0 aliphatic rings. The molecule has 1 heterocycles. The van der Waals surface area contributed by atoms with E-state index >= 15 is 0 Å². The summed E-state index contributed by atoms with van der Waals surface area (Å²) in [7, 11) is 1.61. The normalized spacial score (nSPS) is 10.3. The number of aromatic nitrogens is 1. The van der Waals surface area contributed by atoms with Crippen molar-refractivity contribution in [2.75, 3.05) is 18.9 Å². The third-order valence-electron chi connectivity index (χ3n) is 2.74. The molecule has 1 amide bonds. The van der Waals surface area contributed by atoms with E-state index in [4.69, 9.17) is 0 Å². The average molecular weight is 243 g/mol. The molecular formula is C14H17N3O. The number of rotatable bonds is 4. The van der Waals surface area contributed by atoms with Crippen LogP contribution in [-0.4, -0.2) is 24.5 Å². The number of para-hydroxylation sites is 1. The van der Waals surface area contributed by atoms with Gasteiger partial charge >= 0.3 is 0 Å². The van der Waals surface area contributed by atoms with E-state index in [9.17, 15) is 4.79 Å². The van der Waals surface area contributed by atoms with E-state index < -0.39 is 0 Å². The molecule has 4 nitrogen and oxygen atoms in total. The highest BCUT2D eigenvalue weighted by Gasteiger charge is 2.10. The molecule has 0 saturated carbocycles. The molecule has 0 aliphatic heterocycles. The van der Waals surface area contributed by atoms with Gasteiger partial charge in [-0.2, -0.15) is 0 Å². The molecule has 2 rings (SSSR count). The topological polar surface area (TPSA) is 54.0 Å². The summed E-state index contributed by atoms with van der Waals surface area (Å²) in [5.74, 6) is -0.166. The first-order valence-corrected chi connectivity index (χ1v) is 6.12. The highest BCUT2D eigenvalue weighted by atomic mass is 16.1. The zero-order valence-electron chi connectivity index (χ0n) is 10.7. The van der Waals surface area contributed by atoms with Crippen LogP contribution in [0.25, 0.3) is 10.9 Å². The Morgan fingerprint density at radius 3 is 2.83 bits per heavy atom. The van der Waals surface area contributed by atoms with Crippen LogP contribution in [0.15, 0.2) is 30.3 Å². The Bertz CT molecular complexity index is 566. The van der Waals surface area contributed by atoms with Crippen LogP contribution in [0.4, 0.5) is 5.69 Å². The monoisotopic (exact) mass is 243 g/mol. The Balaban J connectivity index is 2.53. The largest absolute Gasteiger partial charge is 0.384 e. The number of anilines is 1. The standard InChI is InChI=1S/C14H17N3O/c1-3-8-16-12-9-13(14(18)15-2)17-11-7-5-4-6-10(11)12/h4-7,9H,3,8H2,1-2H3,(H,15,18)(H,16,17). The number of carbonyl (C=O) groups is 1. The van der Waals surface area contributed by atoms with Gasteiger partial charge in [-0.15, -0.1) is 0 Å². The SMILES string of the molecule is CCCNc1cc(C(=O)NC)nc2ccccc12. The van der Waals surface area contributed by atoms with Crippen LogP contribution >= 0.6 is 0 Å². The van der Waals surface area contributed by atoms with Crippen LogP contribution in [0.5, 0.6) is 0 Å². The Morgan fingerprint density at radius 1 is 1.33 bits per heavy atom. The highest BCUT2D eigenvalue weighted by molar-refractivity contribution is 5.99. The fourth-order valence-electron chi connectivity index (χ4n) is 1.83. The second kappa shape index (κ2) is 5.49. The number of benzene rings is 1. The molecule has 18 heavy (non-hydrogen) atoms. The van der Waals surface area contributed by atoms with Gasteiger partial charge in [-0.25, -0.2) is 4.98 Å². The Morgan fingerprint density at radius 2 is 2.11 bits per heavy atom. The van der Waals surface area contributed by atoms with Crippen molar-refractivity contribution in [3.63, 3.8) is 0 Å². The van der Waals surface area contributed by atoms with Crippen molar-refractivity contribution in [1.82, 2.24) is 10.3 Å². The predicted octanol–water partition coefficient (Wildman–Crippen LogP) is 2.42. The minimum Gasteiger partial charge on any atom is -0.384 e. The number of amides is 1. The molecule has 0 spiro atoms. The van der Waals surface area contributed by atoms with Gasteiger partial charge in [-0.3, -0.25) is 4.79 Å². The maximum absolute atomic E-state index is 11.7. The molecular weight excluding hydrogens is 226 g/mol. The lowest BCUT2D eigenvalue weighted by atomic mass is 10.1. The lowest BCUT2D eigenvalue weighted by Crippen LogP contribution is -2.19. The second-order valence-electron chi connectivity index (χ2n) is 4.08. The lowest BCUT2D eigenvalue weighted by molar-refractivity contribution is 0.0958. The zero-order valence-corrected chi connectivity index (χ0v) is 10.7. The molecule has 0 aliphatic carbocycles. The van der Waals surface area contributed by atoms with Crippen molar-refractivity contribution in [2.24, 2.45) is 0 Å². The van der Waals surface area contributed by atoms with Crippen molar-refractivity contribution in [2.45, 2.75) is 13.3 Å². The van der Waals surface area contributed by atoms with E-state index in [0.717, 1.165) is 29.6 Å². The summed E-state index contributed by atoms with van der Waals surface area (Å²) in [4.78, 5) is 16.0. The molecule has 0 saturated heterocycles. The van der Waals surface area contributed by atoms with Gasteiger partial charge in [-0.05, 0) is 18.6 Å². The van der Waals surface area contributed by atoms with Gasteiger partial charge in [0.15, 0.2) is 0 Å². The van der Waals surface area contributed by atoms with Crippen LogP contribution in [0.3, 0.4) is 0 Å². The molecule has 0 bridgehead atoms. The third kappa shape index (κ3) is 2.42. The lowest BCUT2D eigenvalue weighted by Gasteiger charge is -2.10. The number of nitrogens with one attached hydrogen (secondary N) is 2. The summed E-state index contributed by atoms with van der Waals surface area (Å²) in [6.45, 7) is 2.98. The summed E-state index contributed by atoms with van der Waals surface area (Å²) < 4.78 is 0. The van der Waals surface area contributed by atoms with E-state index in [2.05, 4.69) is 22.5 Å². The van der Waals surface area contributed by atoms with E-state index in [0.29, 0.717) is 5.69 Å². The number of hydrogen-bond donors (Lipinski definition) is 2. The van der Waals surface area contributed by atoms with E-state index in [1.54, 1.807) is 13.1 Å². The van der Waals surface area contributed by atoms with Crippen LogP contribution in [-0.2, 0) is 0 Å². The third-order valence-corrected chi connectivity index (χ3v) is 2.74. The van der Waals surface area contributed by atoms with Crippen LogP contribution < -0.4 is 10.6 Å². The van der Waals surface area contributed by atoms with Crippen molar-refractivity contribution in [3.8, 4) is 0 Å². The minimum absolute atomic E-state index is 0.166. The zero-order chi connectivity index (χ0) is 13.0. The number of fused-ring (bicyclic) bond motifs is 1. The average Bonchev–Trinajstić information content (AvgIpc) is 2.43. The van der Waals surface area contributed by atoms with Crippen LogP contribution in [0.1, 0.15) is 23.8 Å². The first-order chi connectivity index (χ1) is 8.76. The van der Waals surface area contributed by atoms with E-state index in [1.807, 2.05) is 24.3 Å². The summed E-state index contributed by atoms with van der Waals surface area (Å²) in [5, 5.41) is 6.98. The maximum atomic E-state index is 11.7. The number of pyridine rings is 1. The van der Waals surface area contributed by atoms with Crippen molar-refractivity contribution >= 4 is 22.5 Å². The fourth-order valence-corrected chi connectivity index (χ4v) is 1.83. The van der Waals surface area contributed by atoms with E-state index in [1.165, 1.54) is 0 Å². The number of nitrogens with zero attached hydrogens (tertiary/aromatic N) is 1. The van der Waals surface area contributed by atoms with Crippen molar-refractivity contribution in [1.29, 1.82) is 0 Å². The van der Waals surface area contributed by atoms with Crippen LogP contribution in [0, 0.1) is 0 Å². The van der Waals surface area contributed by atoms with E-state index in [-0.39, 0.29) is 5.91 Å². The summed E-state index contributed by atoms with van der Waals surface area (Å²) in [6.07, 6.45) is 1.03. The van der Waals surface area contributed by atoms with Gasteiger partial charge in [0.25, 0.3) is 5.91 Å². The molecule has 2 aromatic rings. The summed E-state index contributed by atoms with van der Waals surface area (Å²) in [6, 6.07) is 9.62. The number of hydrogen-bond acceptors (Lipinski definition) is 3. The summed E-state index contributed by atoms with van der Waals surface area (Å²) >= 11 is 0. The first-order valence-electron chi connectivity index (χ1n) is 6.12. The molecule has 1 aromatic carbocycles. The maximum Gasteiger partial charge on any atom is 0.269 e. The first kappa shape index (κ1) is 12.4.